The predicted molar refractivity (Wildman–Crippen MR) is 41.7 cm³/mol. The van der Waals surface area contributed by atoms with Gasteiger partial charge in [-0.15, -0.1) is 0 Å². The van der Waals surface area contributed by atoms with E-state index in [-0.39, 0.29) is 0 Å². The fourth-order valence-electron chi connectivity index (χ4n) is 1.54. The summed E-state index contributed by atoms with van der Waals surface area (Å²) in [6, 6.07) is 0. The molecular weight excluding hydrogens is 178 g/mol. The number of likely N-dealkylation sites (tertiary alicyclic amines) is 1. The maximum Gasteiger partial charge on any atom is 0.0769 e. The fraction of sp³-hybridized carbons (Fsp3) is 1.00. The number of alkyl halides is 1. The van der Waals surface area contributed by atoms with Crippen molar-refractivity contribution < 1.29 is 0 Å². The molecule has 0 aromatic carbocycles. The Morgan fingerprint density at radius 1 is 1.11 bits per heavy atom. The molecule has 1 heterocycles. The van der Waals surface area contributed by atoms with Gasteiger partial charge in [-0.1, -0.05) is 15.9 Å². The molecule has 0 unspecified atom stereocenters. The van der Waals surface area contributed by atoms with E-state index in [1.54, 1.807) is 0 Å². The van der Waals surface area contributed by atoms with E-state index in [2.05, 4.69) is 20.8 Å². The Balaban J connectivity index is 1.97. The van der Waals surface area contributed by atoms with Crippen molar-refractivity contribution in [2.45, 2.75) is 30.1 Å². The van der Waals surface area contributed by atoms with Crippen molar-refractivity contribution in [3.63, 3.8) is 0 Å². The zero-order chi connectivity index (χ0) is 6.32. The first-order valence-corrected chi connectivity index (χ1v) is 4.55. The van der Waals surface area contributed by atoms with Gasteiger partial charge in [0.1, 0.15) is 0 Å². The standard InChI is InChI=1S/C7H12BrN/c8-7(3-4-7)9-5-1-2-6-9/h1-6H2. The van der Waals surface area contributed by atoms with Gasteiger partial charge in [0.15, 0.2) is 0 Å². The van der Waals surface area contributed by atoms with Gasteiger partial charge in [0.05, 0.1) is 4.45 Å². The van der Waals surface area contributed by atoms with Gasteiger partial charge < -0.3 is 0 Å². The zero-order valence-electron chi connectivity index (χ0n) is 5.57. The maximum absolute atomic E-state index is 3.74. The van der Waals surface area contributed by atoms with Gasteiger partial charge in [-0.05, 0) is 38.8 Å². The summed E-state index contributed by atoms with van der Waals surface area (Å²) in [5.74, 6) is 0. The molecule has 1 saturated heterocycles. The SMILES string of the molecule is BrC1(N2CCCC2)CC1. The Morgan fingerprint density at radius 3 is 2.11 bits per heavy atom. The lowest BCUT2D eigenvalue weighted by Crippen LogP contribution is -2.28. The second-order valence-corrected chi connectivity index (χ2v) is 4.59. The van der Waals surface area contributed by atoms with Gasteiger partial charge in [-0.3, -0.25) is 4.90 Å². The van der Waals surface area contributed by atoms with Crippen molar-refractivity contribution in [3.8, 4) is 0 Å². The van der Waals surface area contributed by atoms with Crippen molar-refractivity contribution in [3.05, 3.63) is 0 Å². The highest BCUT2D eigenvalue weighted by atomic mass is 79.9. The summed E-state index contributed by atoms with van der Waals surface area (Å²) in [6.07, 6.45) is 5.56. The first-order chi connectivity index (χ1) is 4.31. The average molecular weight is 190 g/mol. The summed E-state index contributed by atoms with van der Waals surface area (Å²) >= 11 is 3.74. The molecule has 0 spiro atoms. The molecule has 0 N–H and O–H groups in total. The van der Waals surface area contributed by atoms with E-state index in [9.17, 15) is 0 Å². The molecule has 2 rings (SSSR count). The molecule has 1 aliphatic heterocycles. The average Bonchev–Trinajstić information content (AvgIpc) is 2.46. The van der Waals surface area contributed by atoms with Crippen molar-refractivity contribution in [2.24, 2.45) is 0 Å². The molecular formula is C7H12BrN. The van der Waals surface area contributed by atoms with E-state index >= 15 is 0 Å². The van der Waals surface area contributed by atoms with Gasteiger partial charge in [0, 0.05) is 0 Å². The topological polar surface area (TPSA) is 3.24 Å². The highest BCUT2D eigenvalue weighted by molar-refractivity contribution is 9.10. The predicted octanol–water partition coefficient (Wildman–Crippen LogP) is 1.97. The van der Waals surface area contributed by atoms with Crippen LogP contribution in [0.5, 0.6) is 0 Å². The smallest absolute Gasteiger partial charge is 0.0769 e. The van der Waals surface area contributed by atoms with Gasteiger partial charge in [-0.25, -0.2) is 0 Å². The van der Waals surface area contributed by atoms with E-state index in [0.29, 0.717) is 4.45 Å². The summed E-state index contributed by atoms with van der Waals surface area (Å²) in [5, 5.41) is 0. The maximum atomic E-state index is 3.74. The van der Waals surface area contributed by atoms with Crippen molar-refractivity contribution >= 4 is 15.9 Å². The summed E-state index contributed by atoms with van der Waals surface area (Å²) < 4.78 is 0.476. The van der Waals surface area contributed by atoms with E-state index < -0.39 is 0 Å². The Kier molecular flexibility index (Phi) is 1.34. The van der Waals surface area contributed by atoms with Crippen LogP contribution in [0.4, 0.5) is 0 Å². The molecule has 0 aromatic rings. The lowest BCUT2D eigenvalue weighted by atomic mass is 10.4. The zero-order valence-corrected chi connectivity index (χ0v) is 7.15. The van der Waals surface area contributed by atoms with Gasteiger partial charge in [0.2, 0.25) is 0 Å². The highest BCUT2D eigenvalue weighted by Crippen LogP contribution is 2.48. The van der Waals surface area contributed by atoms with Gasteiger partial charge in [-0.2, -0.15) is 0 Å². The Morgan fingerprint density at radius 2 is 1.67 bits per heavy atom. The van der Waals surface area contributed by atoms with Crippen LogP contribution in [0.2, 0.25) is 0 Å². The highest BCUT2D eigenvalue weighted by Gasteiger charge is 2.45. The quantitative estimate of drug-likeness (QED) is 0.451. The Labute approximate surface area is 64.5 Å². The summed E-state index contributed by atoms with van der Waals surface area (Å²) in [4.78, 5) is 2.58. The molecule has 52 valence electrons. The summed E-state index contributed by atoms with van der Waals surface area (Å²) in [5.41, 5.74) is 0. The van der Waals surface area contributed by atoms with Crippen LogP contribution in [0.3, 0.4) is 0 Å². The number of halogens is 1. The van der Waals surface area contributed by atoms with Crippen LogP contribution in [-0.2, 0) is 0 Å². The number of hydrogen-bond donors (Lipinski definition) is 0. The third-order valence-corrected chi connectivity index (χ3v) is 3.63. The normalized spacial score (nSPS) is 33.0. The third-order valence-electron chi connectivity index (χ3n) is 2.34. The first kappa shape index (κ1) is 6.17. The second-order valence-electron chi connectivity index (χ2n) is 3.11. The summed E-state index contributed by atoms with van der Waals surface area (Å²) in [7, 11) is 0. The van der Waals surface area contributed by atoms with Gasteiger partial charge in [0.25, 0.3) is 0 Å². The van der Waals surface area contributed by atoms with E-state index in [4.69, 9.17) is 0 Å². The van der Waals surface area contributed by atoms with Crippen molar-refractivity contribution in [1.82, 2.24) is 4.90 Å². The van der Waals surface area contributed by atoms with Crippen LogP contribution in [0, 0.1) is 0 Å². The largest absolute Gasteiger partial charge is 0.288 e. The van der Waals surface area contributed by atoms with Gasteiger partial charge >= 0.3 is 0 Å². The van der Waals surface area contributed by atoms with Crippen LogP contribution < -0.4 is 0 Å². The summed E-state index contributed by atoms with van der Waals surface area (Å²) in [6.45, 7) is 2.65. The van der Waals surface area contributed by atoms with E-state index in [0.717, 1.165) is 0 Å². The number of hydrogen-bond acceptors (Lipinski definition) is 1. The van der Waals surface area contributed by atoms with Crippen molar-refractivity contribution in [2.75, 3.05) is 13.1 Å². The van der Waals surface area contributed by atoms with Crippen LogP contribution in [-0.4, -0.2) is 22.4 Å². The van der Waals surface area contributed by atoms with Crippen molar-refractivity contribution in [1.29, 1.82) is 0 Å². The molecule has 1 aliphatic carbocycles. The second kappa shape index (κ2) is 1.96. The van der Waals surface area contributed by atoms with Crippen LogP contribution in [0.15, 0.2) is 0 Å². The van der Waals surface area contributed by atoms with Crippen LogP contribution >= 0.6 is 15.9 Å². The molecule has 0 amide bonds. The molecule has 0 radical (unpaired) electrons. The Hall–Kier alpha value is 0.440. The lowest BCUT2D eigenvalue weighted by molar-refractivity contribution is 0.308. The molecule has 1 nitrogen and oxygen atoms in total. The fourth-order valence-corrected chi connectivity index (χ4v) is 2.09. The molecule has 2 aliphatic rings. The van der Waals surface area contributed by atoms with E-state index in [1.165, 1.54) is 38.8 Å². The number of rotatable bonds is 1. The molecule has 9 heavy (non-hydrogen) atoms. The first-order valence-electron chi connectivity index (χ1n) is 3.75. The monoisotopic (exact) mass is 189 g/mol. The molecule has 2 fully saturated rings. The Bertz CT molecular complexity index is 114. The van der Waals surface area contributed by atoms with E-state index in [1.807, 2.05) is 0 Å². The molecule has 0 atom stereocenters. The minimum Gasteiger partial charge on any atom is -0.288 e. The third kappa shape index (κ3) is 1.03. The lowest BCUT2D eigenvalue weighted by Gasteiger charge is -2.20. The molecule has 0 aromatic heterocycles. The van der Waals surface area contributed by atoms with Crippen LogP contribution in [0.1, 0.15) is 25.7 Å². The number of nitrogens with zero attached hydrogens (tertiary/aromatic N) is 1. The van der Waals surface area contributed by atoms with Crippen LogP contribution in [0.25, 0.3) is 0 Å². The minimum atomic E-state index is 0.476. The molecule has 1 saturated carbocycles. The minimum absolute atomic E-state index is 0.476. The molecule has 0 bridgehead atoms. The molecule has 2 heteroatoms.